The molecule has 0 fully saturated rings. The average Bonchev–Trinajstić information content (AvgIpc) is 2.65. The summed E-state index contributed by atoms with van der Waals surface area (Å²) >= 11 is 6.96. The van der Waals surface area contributed by atoms with Crippen molar-refractivity contribution in [1.29, 1.82) is 0 Å². The van der Waals surface area contributed by atoms with Gasteiger partial charge in [0.25, 0.3) is 0 Å². The summed E-state index contributed by atoms with van der Waals surface area (Å²) in [6.45, 7) is 1.75. The van der Waals surface area contributed by atoms with Crippen LogP contribution < -0.4 is 0 Å². The van der Waals surface area contributed by atoms with Crippen molar-refractivity contribution in [2.24, 2.45) is 0 Å². The highest BCUT2D eigenvalue weighted by atomic mass is 35.5. The molecule has 0 aliphatic heterocycles. The van der Waals surface area contributed by atoms with E-state index in [1.807, 2.05) is 0 Å². The molecular weight excluding hydrogens is 285 g/mol. The normalized spacial score (nSPS) is 12.8. The van der Waals surface area contributed by atoms with Gasteiger partial charge in [0.05, 0.1) is 4.34 Å². The number of aliphatic hydroxyl groups excluding tert-OH is 1. The Balaban J connectivity index is 2.42. The lowest BCUT2D eigenvalue weighted by atomic mass is 10.1. The summed E-state index contributed by atoms with van der Waals surface area (Å²) in [6, 6.07) is 3.16. The minimum Gasteiger partial charge on any atom is -0.383 e. The maximum atomic E-state index is 13.1. The first-order chi connectivity index (χ1) is 8.40. The molecule has 0 saturated heterocycles. The lowest BCUT2D eigenvalue weighted by Crippen LogP contribution is -2.01. The van der Waals surface area contributed by atoms with E-state index in [0.29, 0.717) is 9.21 Å². The number of benzene rings is 1. The third-order valence-corrected chi connectivity index (χ3v) is 4.08. The van der Waals surface area contributed by atoms with Gasteiger partial charge in [0.15, 0.2) is 17.5 Å². The molecule has 6 heteroatoms. The van der Waals surface area contributed by atoms with Crippen LogP contribution in [0, 0.1) is 24.4 Å². The fraction of sp³-hybridized carbons (Fsp3) is 0.167. The van der Waals surface area contributed by atoms with Crippen LogP contribution in [0.15, 0.2) is 18.2 Å². The first-order valence-electron chi connectivity index (χ1n) is 4.98. The van der Waals surface area contributed by atoms with Gasteiger partial charge < -0.3 is 5.11 Å². The lowest BCUT2D eigenvalue weighted by Gasteiger charge is -2.09. The molecule has 1 atom stereocenters. The molecule has 1 heterocycles. The molecule has 0 spiro atoms. The van der Waals surface area contributed by atoms with Crippen molar-refractivity contribution < 1.29 is 18.3 Å². The summed E-state index contributed by atoms with van der Waals surface area (Å²) in [7, 11) is 0. The van der Waals surface area contributed by atoms with E-state index >= 15 is 0 Å². The molecule has 1 nitrogen and oxygen atoms in total. The van der Waals surface area contributed by atoms with Crippen molar-refractivity contribution in [2.45, 2.75) is 13.0 Å². The number of halogens is 4. The highest BCUT2D eigenvalue weighted by Gasteiger charge is 2.19. The summed E-state index contributed by atoms with van der Waals surface area (Å²) < 4.78 is 39.4. The highest BCUT2D eigenvalue weighted by Crippen LogP contribution is 2.34. The monoisotopic (exact) mass is 292 g/mol. The predicted molar refractivity (Wildman–Crippen MR) is 64.4 cm³/mol. The molecule has 1 unspecified atom stereocenters. The van der Waals surface area contributed by atoms with E-state index in [1.165, 1.54) is 0 Å². The minimum atomic E-state index is -1.55. The van der Waals surface area contributed by atoms with E-state index in [2.05, 4.69) is 0 Å². The van der Waals surface area contributed by atoms with Crippen LogP contribution in [0.1, 0.15) is 22.1 Å². The summed E-state index contributed by atoms with van der Waals surface area (Å²) in [6.07, 6.45) is -1.23. The average molecular weight is 293 g/mol. The smallest absolute Gasteiger partial charge is 0.194 e. The minimum absolute atomic E-state index is 0.0516. The molecule has 0 aliphatic rings. The summed E-state index contributed by atoms with van der Waals surface area (Å²) in [5, 5.41) is 9.97. The van der Waals surface area contributed by atoms with E-state index in [0.717, 1.165) is 29.0 Å². The van der Waals surface area contributed by atoms with E-state index in [-0.39, 0.29) is 5.56 Å². The zero-order chi connectivity index (χ0) is 13.4. The second-order valence-electron chi connectivity index (χ2n) is 3.81. The molecule has 1 N–H and O–H groups in total. The van der Waals surface area contributed by atoms with Crippen LogP contribution in [-0.4, -0.2) is 5.11 Å². The van der Waals surface area contributed by atoms with Crippen LogP contribution >= 0.6 is 22.9 Å². The summed E-state index contributed by atoms with van der Waals surface area (Å²) in [5.74, 6) is -4.21. The number of aryl methyl sites for hydroxylation is 1. The molecule has 18 heavy (non-hydrogen) atoms. The Bertz CT molecular complexity index is 554. The van der Waals surface area contributed by atoms with Crippen LogP contribution in [-0.2, 0) is 0 Å². The van der Waals surface area contributed by atoms with E-state index < -0.39 is 23.6 Å². The molecule has 1 aromatic heterocycles. The Hall–Kier alpha value is -1.04. The Morgan fingerprint density at radius 3 is 2.17 bits per heavy atom. The number of hydrogen-bond donors (Lipinski definition) is 1. The van der Waals surface area contributed by atoms with Gasteiger partial charge in [0.1, 0.15) is 6.10 Å². The maximum absolute atomic E-state index is 13.1. The third-order valence-electron chi connectivity index (χ3n) is 2.47. The first kappa shape index (κ1) is 13.4. The molecule has 0 saturated carbocycles. The van der Waals surface area contributed by atoms with Crippen LogP contribution in [0.25, 0.3) is 0 Å². The standard InChI is InChI=1S/C12H8ClF3OS/c1-5-2-9(18-12(5)13)11(17)6-3-7(14)10(16)8(15)4-6/h2-4,11,17H,1H3. The van der Waals surface area contributed by atoms with E-state index in [9.17, 15) is 18.3 Å². The molecular formula is C12H8ClF3OS. The van der Waals surface area contributed by atoms with Gasteiger partial charge in [-0.15, -0.1) is 11.3 Å². The van der Waals surface area contributed by atoms with Gasteiger partial charge >= 0.3 is 0 Å². The van der Waals surface area contributed by atoms with Crippen molar-refractivity contribution in [3.63, 3.8) is 0 Å². The number of thiophene rings is 1. The summed E-state index contributed by atoms with van der Waals surface area (Å²) in [5.41, 5.74) is 0.711. The van der Waals surface area contributed by atoms with Gasteiger partial charge in [0.2, 0.25) is 0 Å². The number of aliphatic hydroxyl groups is 1. The second-order valence-corrected chi connectivity index (χ2v) is 5.49. The first-order valence-corrected chi connectivity index (χ1v) is 6.18. The van der Waals surface area contributed by atoms with E-state index in [4.69, 9.17) is 11.6 Å². The van der Waals surface area contributed by atoms with Crippen molar-refractivity contribution >= 4 is 22.9 Å². The third kappa shape index (κ3) is 2.39. The van der Waals surface area contributed by atoms with Crippen LogP contribution in [0.3, 0.4) is 0 Å². The van der Waals surface area contributed by atoms with E-state index in [1.54, 1.807) is 13.0 Å². The van der Waals surface area contributed by atoms with Crippen LogP contribution in [0.4, 0.5) is 13.2 Å². The fourth-order valence-electron chi connectivity index (χ4n) is 1.52. The van der Waals surface area contributed by atoms with Gasteiger partial charge in [-0.25, -0.2) is 13.2 Å². The quantitative estimate of drug-likeness (QED) is 0.822. The van der Waals surface area contributed by atoms with Crippen molar-refractivity contribution in [1.82, 2.24) is 0 Å². The molecule has 0 aliphatic carbocycles. The molecule has 0 amide bonds. The Morgan fingerprint density at radius 1 is 1.17 bits per heavy atom. The zero-order valence-electron chi connectivity index (χ0n) is 9.18. The molecule has 2 rings (SSSR count). The second kappa shape index (κ2) is 4.91. The molecule has 0 radical (unpaired) electrons. The number of rotatable bonds is 2. The van der Waals surface area contributed by atoms with Gasteiger partial charge in [-0.2, -0.15) is 0 Å². The van der Waals surface area contributed by atoms with Crippen molar-refractivity contribution in [3.05, 3.63) is 56.0 Å². The van der Waals surface area contributed by atoms with Gasteiger partial charge in [0, 0.05) is 4.88 Å². The zero-order valence-corrected chi connectivity index (χ0v) is 10.7. The van der Waals surface area contributed by atoms with Gasteiger partial charge in [-0.05, 0) is 36.2 Å². The van der Waals surface area contributed by atoms with Crippen LogP contribution in [0.5, 0.6) is 0 Å². The largest absolute Gasteiger partial charge is 0.383 e. The van der Waals surface area contributed by atoms with Gasteiger partial charge in [-0.1, -0.05) is 11.6 Å². The SMILES string of the molecule is Cc1cc(C(O)c2cc(F)c(F)c(F)c2)sc1Cl. The number of hydrogen-bond acceptors (Lipinski definition) is 2. The van der Waals surface area contributed by atoms with Gasteiger partial charge in [-0.3, -0.25) is 0 Å². The lowest BCUT2D eigenvalue weighted by molar-refractivity contribution is 0.222. The van der Waals surface area contributed by atoms with Crippen molar-refractivity contribution in [3.8, 4) is 0 Å². The molecule has 1 aromatic carbocycles. The van der Waals surface area contributed by atoms with Crippen molar-refractivity contribution in [2.75, 3.05) is 0 Å². The highest BCUT2D eigenvalue weighted by molar-refractivity contribution is 7.16. The Morgan fingerprint density at radius 2 is 1.72 bits per heavy atom. The maximum Gasteiger partial charge on any atom is 0.194 e. The summed E-state index contributed by atoms with van der Waals surface area (Å²) in [4.78, 5) is 0.447. The Labute approximate surface area is 110 Å². The molecule has 96 valence electrons. The predicted octanol–water partition coefficient (Wildman–Crippen LogP) is 4.21. The molecule has 2 aromatic rings. The van der Waals surface area contributed by atoms with Crippen LogP contribution in [0.2, 0.25) is 4.34 Å². The fourth-order valence-corrected chi connectivity index (χ4v) is 2.75. The topological polar surface area (TPSA) is 20.2 Å². The Kier molecular flexibility index (Phi) is 3.66. The molecule has 0 bridgehead atoms.